The lowest BCUT2D eigenvalue weighted by atomic mass is 10.2. The maximum atomic E-state index is 7.28. The highest BCUT2D eigenvalue weighted by atomic mass is 35.6. The zero-order chi connectivity index (χ0) is 16.0. The number of hydrogen-bond acceptors (Lipinski definition) is 0. The maximum Gasteiger partial charge on any atom is 0.169 e. The summed E-state index contributed by atoms with van der Waals surface area (Å²) in [7, 11) is -2.00. The monoisotopic (exact) mass is 336 g/mol. The highest BCUT2D eigenvalue weighted by molar-refractivity contribution is 7.19. The third-order valence-corrected chi connectivity index (χ3v) is 8.42. The van der Waals surface area contributed by atoms with Crippen molar-refractivity contribution >= 4 is 18.5 Å². The number of benzene rings is 3. The SMILES string of the molecule is Cl[Si](Cc1ccccc1)(Cc1ccccc1)Cc1ccccc1. The summed E-state index contributed by atoms with van der Waals surface area (Å²) in [5.74, 6) is 0. The summed E-state index contributed by atoms with van der Waals surface area (Å²) >= 11 is 7.28. The second-order valence-corrected chi connectivity index (χ2v) is 11.9. The van der Waals surface area contributed by atoms with Gasteiger partial charge >= 0.3 is 0 Å². The van der Waals surface area contributed by atoms with Gasteiger partial charge in [0.25, 0.3) is 0 Å². The minimum Gasteiger partial charge on any atom is -0.166 e. The minimum absolute atomic E-state index is 0.999. The van der Waals surface area contributed by atoms with Gasteiger partial charge < -0.3 is 0 Å². The van der Waals surface area contributed by atoms with Crippen LogP contribution in [0.5, 0.6) is 0 Å². The molecule has 0 heterocycles. The van der Waals surface area contributed by atoms with Crippen LogP contribution in [0.25, 0.3) is 0 Å². The zero-order valence-electron chi connectivity index (χ0n) is 13.2. The van der Waals surface area contributed by atoms with Crippen LogP contribution in [0.1, 0.15) is 16.7 Å². The molecule has 0 unspecified atom stereocenters. The van der Waals surface area contributed by atoms with Crippen molar-refractivity contribution < 1.29 is 0 Å². The molecule has 0 saturated heterocycles. The first-order chi connectivity index (χ1) is 11.2. The molecule has 3 aromatic carbocycles. The molecule has 3 aromatic rings. The molecule has 0 fully saturated rings. The molecule has 0 N–H and O–H groups in total. The molecule has 3 rings (SSSR count). The van der Waals surface area contributed by atoms with Crippen molar-refractivity contribution in [3.05, 3.63) is 108 Å². The molecule has 0 radical (unpaired) electrons. The molecule has 0 aromatic heterocycles. The summed E-state index contributed by atoms with van der Waals surface area (Å²) < 4.78 is 0. The predicted octanol–water partition coefficient (Wildman–Crippen LogP) is 5.52. The molecule has 23 heavy (non-hydrogen) atoms. The first-order valence-electron chi connectivity index (χ1n) is 8.04. The average Bonchev–Trinajstić information content (AvgIpc) is 2.57. The molecule has 2 heteroatoms. The fourth-order valence-electron chi connectivity index (χ4n) is 3.07. The van der Waals surface area contributed by atoms with Gasteiger partial charge in [-0.2, -0.15) is 11.1 Å². The first-order valence-corrected chi connectivity index (χ1v) is 11.7. The first kappa shape index (κ1) is 16.0. The Balaban J connectivity index is 1.85. The van der Waals surface area contributed by atoms with Crippen molar-refractivity contribution in [3.8, 4) is 0 Å². The van der Waals surface area contributed by atoms with Crippen molar-refractivity contribution in [3.63, 3.8) is 0 Å². The van der Waals surface area contributed by atoms with E-state index in [1.165, 1.54) is 16.7 Å². The number of hydrogen-bond donors (Lipinski definition) is 0. The largest absolute Gasteiger partial charge is 0.169 e. The van der Waals surface area contributed by atoms with E-state index in [1.54, 1.807) is 0 Å². The predicted molar refractivity (Wildman–Crippen MR) is 102 cm³/mol. The molecule has 0 aliphatic rings. The Morgan fingerprint density at radius 2 is 0.739 bits per heavy atom. The van der Waals surface area contributed by atoms with Gasteiger partial charge in [0.2, 0.25) is 0 Å². The highest BCUT2D eigenvalue weighted by Crippen LogP contribution is 2.25. The summed E-state index contributed by atoms with van der Waals surface area (Å²) in [6.07, 6.45) is 0. The van der Waals surface area contributed by atoms with Crippen molar-refractivity contribution in [2.45, 2.75) is 18.1 Å². The summed E-state index contributed by atoms with van der Waals surface area (Å²) in [6.45, 7) is 0. The molecule has 0 atom stereocenters. The standard InChI is InChI=1S/C21H21ClSi/c22-23(16-19-10-4-1-5-11-19,17-20-12-6-2-7-13-20)18-21-14-8-3-9-15-21/h1-15H,16-18H2. The molecule has 0 nitrogen and oxygen atoms in total. The zero-order valence-corrected chi connectivity index (χ0v) is 14.9. The summed E-state index contributed by atoms with van der Waals surface area (Å²) in [5, 5.41) is 0. The lowest BCUT2D eigenvalue weighted by Gasteiger charge is -2.25. The quantitative estimate of drug-likeness (QED) is 0.411. The summed E-state index contributed by atoms with van der Waals surface area (Å²) in [6, 6.07) is 35.0. The Morgan fingerprint density at radius 1 is 0.478 bits per heavy atom. The summed E-state index contributed by atoms with van der Waals surface area (Å²) in [4.78, 5) is 0. The van der Waals surface area contributed by atoms with Gasteiger partial charge in [-0.05, 0) is 34.8 Å². The Labute approximate surface area is 144 Å². The minimum atomic E-state index is -2.00. The van der Waals surface area contributed by atoms with Gasteiger partial charge in [0.05, 0.1) is 0 Å². The van der Waals surface area contributed by atoms with Crippen LogP contribution < -0.4 is 0 Å². The van der Waals surface area contributed by atoms with E-state index in [9.17, 15) is 0 Å². The molecule has 0 spiro atoms. The molecule has 0 aliphatic carbocycles. The van der Waals surface area contributed by atoms with Crippen molar-refractivity contribution in [1.82, 2.24) is 0 Å². The fraction of sp³-hybridized carbons (Fsp3) is 0.143. The van der Waals surface area contributed by atoms with E-state index in [-0.39, 0.29) is 0 Å². The topological polar surface area (TPSA) is 0 Å². The van der Waals surface area contributed by atoms with Gasteiger partial charge in [-0.3, -0.25) is 0 Å². The van der Waals surface area contributed by atoms with E-state index < -0.39 is 7.38 Å². The van der Waals surface area contributed by atoms with E-state index in [1.807, 2.05) is 0 Å². The Morgan fingerprint density at radius 3 is 1.00 bits per heavy atom. The van der Waals surface area contributed by atoms with Crippen LogP contribution in [0, 0.1) is 0 Å². The normalized spacial score (nSPS) is 11.3. The van der Waals surface area contributed by atoms with E-state index in [0.717, 1.165) is 18.1 Å². The van der Waals surface area contributed by atoms with Gasteiger partial charge in [0.1, 0.15) is 0 Å². The second-order valence-electron chi connectivity index (χ2n) is 6.14. The van der Waals surface area contributed by atoms with Crippen LogP contribution in [0.4, 0.5) is 0 Å². The van der Waals surface area contributed by atoms with Crippen molar-refractivity contribution in [2.75, 3.05) is 0 Å². The average molecular weight is 337 g/mol. The molecule has 0 amide bonds. The number of rotatable bonds is 6. The molecule has 0 saturated carbocycles. The second kappa shape index (κ2) is 7.63. The van der Waals surface area contributed by atoms with Crippen LogP contribution in [-0.4, -0.2) is 7.38 Å². The number of halogens is 1. The van der Waals surface area contributed by atoms with E-state index in [0.29, 0.717) is 0 Å². The van der Waals surface area contributed by atoms with Gasteiger partial charge in [0.15, 0.2) is 7.38 Å². The van der Waals surface area contributed by atoms with Crippen molar-refractivity contribution in [2.24, 2.45) is 0 Å². The molecule has 0 bridgehead atoms. The fourth-order valence-corrected chi connectivity index (χ4v) is 7.74. The van der Waals surface area contributed by atoms with Gasteiger partial charge in [0, 0.05) is 0 Å². The summed E-state index contributed by atoms with van der Waals surface area (Å²) in [5.41, 5.74) is 4.04. The van der Waals surface area contributed by atoms with Gasteiger partial charge in [-0.25, -0.2) is 0 Å². The smallest absolute Gasteiger partial charge is 0.166 e. The van der Waals surface area contributed by atoms with Crippen LogP contribution in [0.3, 0.4) is 0 Å². The Hall–Kier alpha value is -1.83. The lowest BCUT2D eigenvalue weighted by Crippen LogP contribution is -2.37. The molecule has 116 valence electrons. The van der Waals surface area contributed by atoms with Crippen LogP contribution in [0.15, 0.2) is 91.0 Å². The van der Waals surface area contributed by atoms with E-state index >= 15 is 0 Å². The highest BCUT2D eigenvalue weighted by Gasteiger charge is 2.31. The Kier molecular flexibility index (Phi) is 5.32. The molecular formula is C21H21ClSi. The van der Waals surface area contributed by atoms with Gasteiger partial charge in [-0.1, -0.05) is 91.0 Å². The van der Waals surface area contributed by atoms with Crippen LogP contribution >= 0.6 is 11.1 Å². The van der Waals surface area contributed by atoms with Crippen LogP contribution in [-0.2, 0) is 18.1 Å². The molecule has 0 aliphatic heterocycles. The molecular weight excluding hydrogens is 316 g/mol. The van der Waals surface area contributed by atoms with E-state index in [2.05, 4.69) is 91.0 Å². The lowest BCUT2D eigenvalue weighted by molar-refractivity contribution is 1.17. The Bertz CT molecular complexity index is 609. The van der Waals surface area contributed by atoms with Gasteiger partial charge in [-0.15, -0.1) is 0 Å². The van der Waals surface area contributed by atoms with Crippen LogP contribution in [0.2, 0.25) is 0 Å². The van der Waals surface area contributed by atoms with Crippen molar-refractivity contribution in [1.29, 1.82) is 0 Å². The van der Waals surface area contributed by atoms with E-state index in [4.69, 9.17) is 11.1 Å². The maximum absolute atomic E-state index is 7.28. The third kappa shape index (κ3) is 4.82. The third-order valence-electron chi connectivity index (χ3n) is 4.09.